The Kier molecular flexibility index (Phi) is 6.67. The molecule has 1 atom stereocenters. The van der Waals surface area contributed by atoms with Crippen LogP contribution in [0.25, 0.3) is 0 Å². The molecule has 3 aromatic carbocycles. The van der Waals surface area contributed by atoms with Gasteiger partial charge in [-0.25, -0.2) is 4.79 Å². The fraction of sp³-hybridized carbons (Fsp3) is 0.0800. The lowest BCUT2D eigenvalue weighted by Crippen LogP contribution is -2.12. The number of hydrogen-bond acceptors (Lipinski definition) is 5. The Balaban J connectivity index is 1.95. The molecule has 0 radical (unpaired) electrons. The van der Waals surface area contributed by atoms with Crippen molar-refractivity contribution in [2.75, 3.05) is 4.90 Å². The van der Waals surface area contributed by atoms with Crippen molar-refractivity contribution in [1.29, 1.82) is 0 Å². The fourth-order valence-corrected chi connectivity index (χ4v) is 2.82. The van der Waals surface area contributed by atoms with E-state index in [1.165, 1.54) is 6.08 Å². The third kappa shape index (κ3) is 5.16. The second-order valence-corrected chi connectivity index (χ2v) is 6.53. The van der Waals surface area contributed by atoms with Crippen molar-refractivity contribution in [2.24, 2.45) is 0 Å². The Labute approximate surface area is 176 Å². The van der Waals surface area contributed by atoms with Crippen LogP contribution in [0.4, 0.5) is 17.1 Å². The molecule has 0 saturated carbocycles. The van der Waals surface area contributed by atoms with Crippen LogP contribution in [0.1, 0.15) is 5.56 Å². The molecule has 1 unspecified atom stereocenters. The first-order chi connectivity index (χ1) is 14.5. The van der Waals surface area contributed by atoms with Gasteiger partial charge in [-0.1, -0.05) is 30.9 Å². The topological polar surface area (TPSA) is 59.0 Å². The summed E-state index contributed by atoms with van der Waals surface area (Å²) in [5.41, 5.74) is 3.91. The Morgan fingerprint density at radius 3 is 1.80 bits per heavy atom. The van der Waals surface area contributed by atoms with Crippen molar-refractivity contribution in [3.05, 3.63) is 104 Å². The summed E-state index contributed by atoms with van der Waals surface area (Å²) in [5.74, 6) is 0.465. The van der Waals surface area contributed by atoms with E-state index in [-0.39, 0.29) is 0 Å². The Morgan fingerprint density at radius 2 is 1.33 bits per heavy atom. The number of rotatable bonds is 8. The first-order valence-corrected chi connectivity index (χ1v) is 9.38. The smallest absolute Gasteiger partial charge is 0.335 e. The highest BCUT2D eigenvalue weighted by Gasteiger charge is 2.13. The number of benzene rings is 3. The van der Waals surface area contributed by atoms with Gasteiger partial charge in [0.05, 0.1) is 0 Å². The first kappa shape index (κ1) is 20.9. The lowest BCUT2D eigenvalue weighted by molar-refractivity contribution is -0.128. The predicted molar refractivity (Wildman–Crippen MR) is 119 cm³/mol. The number of aryl methyl sites for hydroxylation is 1. The zero-order valence-corrected chi connectivity index (χ0v) is 16.7. The molecular weight excluding hydrogens is 378 g/mol. The first-order valence-electron chi connectivity index (χ1n) is 9.38. The van der Waals surface area contributed by atoms with Crippen molar-refractivity contribution in [2.45, 2.75) is 13.2 Å². The third-order valence-corrected chi connectivity index (χ3v) is 4.33. The number of aliphatic hydroxyl groups is 1. The third-order valence-electron chi connectivity index (χ3n) is 4.33. The molecule has 0 aliphatic heterocycles. The van der Waals surface area contributed by atoms with Gasteiger partial charge in [-0.3, -0.25) is 0 Å². The Hall–Kier alpha value is -3.83. The molecular formula is C25H23NO4. The Bertz CT molecular complexity index is 1010. The van der Waals surface area contributed by atoms with Crippen LogP contribution >= 0.6 is 0 Å². The fourth-order valence-electron chi connectivity index (χ4n) is 2.82. The second-order valence-electron chi connectivity index (χ2n) is 6.53. The number of nitrogens with zero attached hydrogens (tertiary/aromatic N) is 1. The highest BCUT2D eigenvalue weighted by Crippen LogP contribution is 2.36. The van der Waals surface area contributed by atoms with E-state index >= 15 is 0 Å². The van der Waals surface area contributed by atoms with Crippen LogP contribution < -0.4 is 14.4 Å². The normalized spacial score (nSPS) is 11.3. The molecule has 30 heavy (non-hydrogen) atoms. The van der Waals surface area contributed by atoms with E-state index < -0.39 is 12.3 Å². The van der Waals surface area contributed by atoms with Crippen molar-refractivity contribution < 1.29 is 19.4 Å². The molecule has 0 heterocycles. The molecule has 3 aromatic rings. The number of anilines is 3. The maximum absolute atomic E-state index is 11.4. The summed E-state index contributed by atoms with van der Waals surface area (Å²) in [6.45, 7) is 8.94. The van der Waals surface area contributed by atoms with Gasteiger partial charge in [0.15, 0.2) is 0 Å². The minimum Gasteiger partial charge on any atom is -0.461 e. The monoisotopic (exact) mass is 401 g/mol. The molecule has 152 valence electrons. The van der Waals surface area contributed by atoms with Gasteiger partial charge in [0.1, 0.15) is 11.5 Å². The van der Waals surface area contributed by atoms with Crippen LogP contribution in [0.3, 0.4) is 0 Å². The lowest BCUT2D eigenvalue weighted by Gasteiger charge is -2.26. The molecule has 0 bridgehead atoms. The van der Waals surface area contributed by atoms with Crippen LogP contribution in [0.15, 0.2) is 98.1 Å². The van der Waals surface area contributed by atoms with Crippen molar-refractivity contribution >= 4 is 23.0 Å². The standard InChI is InChI=1S/C25H23NO4/c1-4-24(27)29-22-14-10-20(11-15-22)26(19-8-6-18(3)7-9-19)21-12-16-23(17-13-21)30-25(28)5-2/h4-17,24,27H,1-2H2,3H3. The maximum Gasteiger partial charge on any atom is 0.335 e. The molecule has 3 rings (SSSR count). The minimum atomic E-state index is -1.06. The van der Waals surface area contributed by atoms with Crippen LogP contribution in [0, 0.1) is 6.92 Å². The molecule has 0 aliphatic rings. The van der Waals surface area contributed by atoms with Gasteiger partial charge < -0.3 is 19.5 Å². The summed E-state index contributed by atoms with van der Waals surface area (Å²) < 4.78 is 10.5. The molecule has 5 nitrogen and oxygen atoms in total. The van der Waals surface area contributed by atoms with Crippen molar-refractivity contribution in [3.8, 4) is 11.5 Å². The van der Waals surface area contributed by atoms with E-state index in [0.29, 0.717) is 11.5 Å². The van der Waals surface area contributed by atoms with Crippen molar-refractivity contribution in [1.82, 2.24) is 0 Å². The quantitative estimate of drug-likeness (QED) is 0.179. The van der Waals surface area contributed by atoms with Gasteiger partial charge in [0, 0.05) is 23.1 Å². The second kappa shape index (κ2) is 9.58. The number of carbonyl (C=O) groups is 1. The molecule has 0 amide bonds. The SMILES string of the molecule is C=CC(=O)Oc1ccc(N(c2ccc(C)cc2)c2ccc(OC(O)C=C)cc2)cc1. The summed E-state index contributed by atoms with van der Waals surface area (Å²) in [6, 6.07) is 22.7. The van der Waals surface area contributed by atoms with Gasteiger partial charge in [-0.2, -0.15) is 0 Å². The molecule has 0 saturated heterocycles. The van der Waals surface area contributed by atoms with E-state index in [1.807, 2.05) is 55.5 Å². The summed E-state index contributed by atoms with van der Waals surface area (Å²) >= 11 is 0. The van der Waals surface area contributed by atoms with Crippen LogP contribution in [-0.2, 0) is 4.79 Å². The molecule has 0 aliphatic carbocycles. The Morgan fingerprint density at radius 1 is 0.867 bits per heavy atom. The molecule has 0 fully saturated rings. The number of esters is 1. The zero-order valence-electron chi connectivity index (χ0n) is 16.7. The minimum absolute atomic E-state index is 0.440. The average molecular weight is 401 g/mol. The molecule has 5 heteroatoms. The summed E-state index contributed by atoms with van der Waals surface area (Å²) in [5, 5.41) is 9.59. The van der Waals surface area contributed by atoms with Gasteiger partial charge in [-0.15, -0.1) is 0 Å². The number of ether oxygens (including phenoxy) is 2. The van der Waals surface area contributed by atoms with E-state index in [1.54, 1.807) is 24.3 Å². The number of hydrogen-bond donors (Lipinski definition) is 1. The van der Waals surface area contributed by atoms with E-state index in [4.69, 9.17) is 9.47 Å². The molecule has 1 N–H and O–H groups in total. The highest BCUT2D eigenvalue weighted by atomic mass is 16.6. The van der Waals surface area contributed by atoms with E-state index in [0.717, 1.165) is 28.7 Å². The van der Waals surface area contributed by atoms with Gasteiger partial charge in [0.2, 0.25) is 6.29 Å². The lowest BCUT2D eigenvalue weighted by atomic mass is 10.1. The number of aliphatic hydroxyl groups excluding tert-OH is 1. The molecule has 0 aromatic heterocycles. The zero-order chi connectivity index (χ0) is 21.5. The van der Waals surface area contributed by atoms with Crippen LogP contribution in [-0.4, -0.2) is 17.4 Å². The highest BCUT2D eigenvalue weighted by molar-refractivity contribution is 5.83. The summed E-state index contributed by atoms with van der Waals surface area (Å²) in [4.78, 5) is 13.5. The van der Waals surface area contributed by atoms with Gasteiger partial charge >= 0.3 is 5.97 Å². The average Bonchev–Trinajstić information content (AvgIpc) is 2.77. The number of carbonyl (C=O) groups excluding carboxylic acids is 1. The van der Waals surface area contributed by atoms with Crippen LogP contribution in [0.2, 0.25) is 0 Å². The van der Waals surface area contributed by atoms with Gasteiger partial charge in [0.25, 0.3) is 0 Å². The largest absolute Gasteiger partial charge is 0.461 e. The summed E-state index contributed by atoms with van der Waals surface area (Å²) in [6.07, 6.45) is 1.38. The van der Waals surface area contributed by atoms with Gasteiger partial charge in [-0.05, 0) is 73.7 Å². The predicted octanol–water partition coefficient (Wildman–Crippen LogP) is 5.44. The van der Waals surface area contributed by atoms with E-state index in [9.17, 15) is 9.90 Å². The maximum atomic E-state index is 11.4. The van der Waals surface area contributed by atoms with E-state index in [2.05, 4.69) is 18.1 Å². The van der Waals surface area contributed by atoms with Crippen LogP contribution in [0.5, 0.6) is 11.5 Å². The summed E-state index contributed by atoms with van der Waals surface area (Å²) in [7, 11) is 0. The molecule has 0 spiro atoms. The van der Waals surface area contributed by atoms with Crippen molar-refractivity contribution in [3.63, 3.8) is 0 Å².